The van der Waals surface area contributed by atoms with E-state index in [0.29, 0.717) is 23.2 Å². The van der Waals surface area contributed by atoms with Gasteiger partial charge in [0.25, 0.3) is 0 Å². The summed E-state index contributed by atoms with van der Waals surface area (Å²) in [5.74, 6) is 0. The number of nitrogens with one attached hydrogen (secondary N) is 1. The van der Waals surface area contributed by atoms with Crippen molar-refractivity contribution >= 4 is 22.5 Å². The molecule has 1 aliphatic rings. The van der Waals surface area contributed by atoms with Crippen molar-refractivity contribution in [3.8, 4) is 10.7 Å². The van der Waals surface area contributed by atoms with Gasteiger partial charge >= 0.3 is 6.03 Å². The van der Waals surface area contributed by atoms with Crippen molar-refractivity contribution in [3.05, 3.63) is 54.5 Å². The first-order valence-corrected chi connectivity index (χ1v) is 9.91. The third-order valence-electron chi connectivity index (χ3n) is 4.35. The molecule has 1 aliphatic heterocycles. The number of nitrogens with zero attached hydrogens (tertiary/aromatic N) is 5. The smallest absolute Gasteiger partial charge is 0.324 e. The van der Waals surface area contributed by atoms with Crippen LogP contribution in [0.15, 0.2) is 48.9 Å². The fourth-order valence-corrected chi connectivity index (χ4v) is 3.71. The highest BCUT2D eigenvalue weighted by molar-refractivity contribution is 7.18. The second-order valence-corrected chi connectivity index (χ2v) is 7.41. The number of pyridine rings is 2. The van der Waals surface area contributed by atoms with Gasteiger partial charge in [-0.3, -0.25) is 15.3 Å². The Bertz CT molecular complexity index is 899. The molecule has 3 aromatic heterocycles. The molecule has 2 amide bonds. The van der Waals surface area contributed by atoms with E-state index in [4.69, 9.17) is 4.74 Å². The van der Waals surface area contributed by atoms with Crippen LogP contribution < -0.4 is 5.32 Å². The number of rotatable bonds is 6. The summed E-state index contributed by atoms with van der Waals surface area (Å²) in [5, 5.41) is 12.2. The van der Waals surface area contributed by atoms with E-state index in [1.165, 1.54) is 11.3 Å². The van der Waals surface area contributed by atoms with Gasteiger partial charge in [-0.1, -0.05) is 23.5 Å². The zero-order chi connectivity index (χ0) is 19.2. The highest BCUT2D eigenvalue weighted by Crippen LogP contribution is 2.25. The summed E-state index contributed by atoms with van der Waals surface area (Å²) in [4.78, 5) is 23.0. The van der Waals surface area contributed by atoms with Gasteiger partial charge in [0, 0.05) is 38.3 Å². The summed E-state index contributed by atoms with van der Waals surface area (Å²) in [5.41, 5.74) is 1.69. The standard InChI is InChI=1S/C19H20N6O2S/c26-19(22-18-24-23-17(28-18)16-7-1-2-9-21-16)25(13-15-6-4-10-27-15)12-14-5-3-8-20-11-14/h1-3,5,7-9,11,15H,4,6,10,12-13H2,(H,22,24,26). The lowest BCUT2D eigenvalue weighted by atomic mass is 10.2. The second-order valence-electron chi connectivity index (χ2n) is 6.43. The summed E-state index contributed by atoms with van der Waals surface area (Å²) in [7, 11) is 0. The normalized spacial score (nSPS) is 16.1. The zero-order valence-corrected chi connectivity index (χ0v) is 16.0. The molecule has 9 heteroatoms. The second kappa shape index (κ2) is 8.85. The van der Waals surface area contributed by atoms with Crippen LogP contribution in [0.2, 0.25) is 0 Å². The predicted octanol–water partition coefficient (Wildman–Crippen LogP) is 3.21. The summed E-state index contributed by atoms with van der Waals surface area (Å²) in [6.45, 7) is 1.72. The molecule has 28 heavy (non-hydrogen) atoms. The highest BCUT2D eigenvalue weighted by Gasteiger charge is 2.24. The summed E-state index contributed by atoms with van der Waals surface area (Å²) in [6.07, 6.45) is 7.22. The first-order valence-electron chi connectivity index (χ1n) is 9.09. The minimum absolute atomic E-state index is 0.0564. The number of ether oxygens (including phenoxy) is 1. The van der Waals surface area contributed by atoms with Crippen molar-refractivity contribution in [1.29, 1.82) is 0 Å². The van der Waals surface area contributed by atoms with Gasteiger partial charge in [-0.05, 0) is 36.6 Å². The lowest BCUT2D eigenvalue weighted by Crippen LogP contribution is -2.39. The molecule has 8 nitrogen and oxygen atoms in total. The Morgan fingerprint density at radius 1 is 1.25 bits per heavy atom. The maximum Gasteiger partial charge on any atom is 0.324 e. The molecule has 0 radical (unpaired) electrons. The highest BCUT2D eigenvalue weighted by atomic mass is 32.1. The van der Waals surface area contributed by atoms with E-state index in [2.05, 4.69) is 25.5 Å². The van der Waals surface area contributed by atoms with Crippen molar-refractivity contribution in [2.75, 3.05) is 18.5 Å². The maximum atomic E-state index is 12.9. The van der Waals surface area contributed by atoms with Gasteiger partial charge < -0.3 is 9.64 Å². The van der Waals surface area contributed by atoms with Crippen LogP contribution in [0.5, 0.6) is 0 Å². The molecule has 4 rings (SSSR count). The Morgan fingerprint density at radius 3 is 2.96 bits per heavy atom. The molecule has 0 saturated carbocycles. The molecule has 0 spiro atoms. The number of hydrogen-bond acceptors (Lipinski definition) is 7. The minimum Gasteiger partial charge on any atom is -0.376 e. The lowest BCUT2D eigenvalue weighted by Gasteiger charge is -2.25. The van der Waals surface area contributed by atoms with Gasteiger partial charge in [0.05, 0.1) is 6.10 Å². The SMILES string of the molecule is O=C(Nc1nnc(-c2ccccn2)s1)N(Cc1cccnc1)CC1CCCO1. The monoisotopic (exact) mass is 396 g/mol. The fraction of sp³-hybridized carbons (Fsp3) is 0.316. The molecule has 3 aromatic rings. The maximum absolute atomic E-state index is 12.9. The van der Waals surface area contributed by atoms with Crippen LogP contribution in [0.1, 0.15) is 18.4 Å². The average Bonchev–Trinajstić information content (AvgIpc) is 3.41. The van der Waals surface area contributed by atoms with E-state index < -0.39 is 0 Å². The number of aromatic nitrogens is 4. The summed E-state index contributed by atoms with van der Waals surface area (Å²) in [6, 6.07) is 9.17. The molecule has 0 aromatic carbocycles. The summed E-state index contributed by atoms with van der Waals surface area (Å²) >= 11 is 1.29. The Kier molecular flexibility index (Phi) is 5.83. The molecule has 0 aliphatic carbocycles. The van der Waals surface area contributed by atoms with Crippen LogP contribution >= 0.6 is 11.3 Å². The minimum atomic E-state index is -0.233. The number of carbonyl (C=O) groups excluding carboxylic acids is 1. The molecule has 1 atom stereocenters. The van der Waals surface area contributed by atoms with Crippen LogP contribution in [0.3, 0.4) is 0 Å². The van der Waals surface area contributed by atoms with E-state index in [0.717, 1.165) is 30.7 Å². The van der Waals surface area contributed by atoms with E-state index in [1.807, 2.05) is 30.3 Å². The molecule has 4 heterocycles. The van der Waals surface area contributed by atoms with Gasteiger partial charge in [0.15, 0.2) is 5.01 Å². The molecule has 1 fully saturated rings. The molecule has 144 valence electrons. The third kappa shape index (κ3) is 4.68. The molecule has 0 bridgehead atoms. The first-order chi connectivity index (χ1) is 13.8. The van der Waals surface area contributed by atoms with Crippen molar-refractivity contribution in [2.45, 2.75) is 25.5 Å². The Hall–Kier alpha value is -2.91. The van der Waals surface area contributed by atoms with Crippen molar-refractivity contribution in [2.24, 2.45) is 0 Å². The van der Waals surface area contributed by atoms with Crippen LogP contribution in [-0.2, 0) is 11.3 Å². The van der Waals surface area contributed by atoms with E-state index in [9.17, 15) is 4.79 Å². The van der Waals surface area contributed by atoms with Crippen molar-refractivity contribution < 1.29 is 9.53 Å². The number of amides is 2. The van der Waals surface area contributed by atoms with Gasteiger partial charge in [-0.2, -0.15) is 0 Å². The molecular weight excluding hydrogens is 376 g/mol. The largest absolute Gasteiger partial charge is 0.376 e. The number of hydrogen-bond donors (Lipinski definition) is 1. The predicted molar refractivity (Wildman–Crippen MR) is 106 cm³/mol. The van der Waals surface area contributed by atoms with Crippen molar-refractivity contribution in [1.82, 2.24) is 25.1 Å². The number of carbonyl (C=O) groups is 1. The third-order valence-corrected chi connectivity index (χ3v) is 5.22. The Morgan fingerprint density at radius 2 is 2.21 bits per heavy atom. The quantitative estimate of drug-likeness (QED) is 0.688. The molecular formula is C19H20N6O2S. The topological polar surface area (TPSA) is 93.1 Å². The Balaban J connectivity index is 1.46. The Labute approximate surface area is 166 Å². The van der Waals surface area contributed by atoms with Crippen molar-refractivity contribution in [3.63, 3.8) is 0 Å². The van der Waals surface area contributed by atoms with Crippen LogP contribution in [0.25, 0.3) is 10.7 Å². The number of anilines is 1. The molecule has 1 unspecified atom stereocenters. The van der Waals surface area contributed by atoms with Gasteiger partial charge in [0.1, 0.15) is 5.69 Å². The van der Waals surface area contributed by atoms with Crippen LogP contribution in [-0.4, -0.2) is 50.4 Å². The first kappa shape index (κ1) is 18.5. The average molecular weight is 396 g/mol. The molecule has 1 N–H and O–H groups in total. The van der Waals surface area contributed by atoms with Crippen LogP contribution in [0, 0.1) is 0 Å². The van der Waals surface area contributed by atoms with Gasteiger partial charge in [0.2, 0.25) is 5.13 Å². The fourth-order valence-electron chi connectivity index (χ4n) is 3.00. The van der Waals surface area contributed by atoms with Gasteiger partial charge in [-0.25, -0.2) is 4.79 Å². The number of urea groups is 1. The van der Waals surface area contributed by atoms with Crippen LogP contribution in [0.4, 0.5) is 9.93 Å². The summed E-state index contributed by atoms with van der Waals surface area (Å²) < 4.78 is 5.71. The zero-order valence-electron chi connectivity index (χ0n) is 15.2. The molecule has 1 saturated heterocycles. The van der Waals surface area contributed by atoms with E-state index >= 15 is 0 Å². The van der Waals surface area contributed by atoms with E-state index in [1.54, 1.807) is 23.5 Å². The van der Waals surface area contributed by atoms with Gasteiger partial charge in [-0.15, -0.1) is 10.2 Å². The lowest BCUT2D eigenvalue weighted by molar-refractivity contribution is 0.0819. The van der Waals surface area contributed by atoms with E-state index in [-0.39, 0.29) is 12.1 Å².